The first kappa shape index (κ1) is 12.9. The van der Waals surface area contributed by atoms with Gasteiger partial charge in [0, 0.05) is 12.6 Å². The number of hydrogen-bond donors (Lipinski definition) is 3. The van der Waals surface area contributed by atoms with Crippen LogP contribution < -0.4 is 5.32 Å². The first-order valence-electron chi connectivity index (χ1n) is 5.93. The van der Waals surface area contributed by atoms with Gasteiger partial charge in [-0.3, -0.25) is 0 Å². The molecule has 3 N–H and O–H groups in total. The van der Waals surface area contributed by atoms with Gasteiger partial charge in [-0.2, -0.15) is 0 Å². The van der Waals surface area contributed by atoms with Gasteiger partial charge >= 0.3 is 0 Å². The molecular formula is C12H25NO2. The van der Waals surface area contributed by atoms with Gasteiger partial charge in [0.05, 0.1) is 11.2 Å². The second-order valence-electron chi connectivity index (χ2n) is 5.83. The van der Waals surface area contributed by atoms with E-state index in [0.717, 1.165) is 19.3 Å². The topological polar surface area (TPSA) is 52.5 Å². The van der Waals surface area contributed by atoms with Gasteiger partial charge in [0.1, 0.15) is 0 Å². The Balaban J connectivity index is 2.45. The number of aliphatic hydroxyl groups is 2. The maximum atomic E-state index is 9.99. The summed E-state index contributed by atoms with van der Waals surface area (Å²) < 4.78 is 0. The van der Waals surface area contributed by atoms with Crippen molar-refractivity contribution in [3.8, 4) is 0 Å². The Bertz CT molecular complexity index is 204. The minimum Gasteiger partial charge on any atom is -0.389 e. The molecule has 15 heavy (non-hydrogen) atoms. The monoisotopic (exact) mass is 215 g/mol. The van der Waals surface area contributed by atoms with Crippen molar-refractivity contribution in [3.05, 3.63) is 0 Å². The second-order valence-corrected chi connectivity index (χ2v) is 5.83. The Morgan fingerprint density at radius 1 is 1.33 bits per heavy atom. The number of hydrogen-bond acceptors (Lipinski definition) is 3. The van der Waals surface area contributed by atoms with Gasteiger partial charge in [-0.05, 0) is 39.0 Å². The summed E-state index contributed by atoms with van der Waals surface area (Å²) in [5.41, 5.74) is -1.26. The van der Waals surface area contributed by atoms with Gasteiger partial charge in [-0.15, -0.1) is 0 Å². The smallest absolute Gasteiger partial charge is 0.0771 e. The maximum absolute atomic E-state index is 9.99. The van der Waals surface area contributed by atoms with Crippen LogP contribution in [0.2, 0.25) is 0 Å². The molecule has 1 aliphatic carbocycles. The molecule has 1 saturated carbocycles. The molecule has 0 bridgehead atoms. The van der Waals surface area contributed by atoms with E-state index in [2.05, 4.69) is 19.2 Å². The molecule has 3 heteroatoms. The molecule has 0 unspecified atom stereocenters. The molecule has 0 saturated heterocycles. The third-order valence-electron chi connectivity index (χ3n) is 3.36. The zero-order valence-electron chi connectivity index (χ0n) is 10.4. The van der Waals surface area contributed by atoms with E-state index in [1.807, 2.05) is 13.8 Å². The highest BCUT2D eigenvalue weighted by Gasteiger charge is 2.37. The summed E-state index contributed by atoms with van der Waals surface area (Å²) in [5.74, 6) is 0.355. The van der Waals surface area contributed by atoms with Crippen LogP contribution in [0.5, 0.6) is 0 Å². The SMILES string of the molecule is CC(C)[C@H](NCC1(O)CCC1)C(C)(C)O. The zero-order valence-corrected chi connectivity index (χ0v) is 10.4. The number of nitrogens with one attached hydrogen (secondary N) is 1. The zero-order chi connectivity index (χ0) is 11.7. The van der Waals surface area contributed by atoms with E-state index >= 15 is 0 Å². The molecule has 90 valence electrons. The van der Waals surface area contributed by atoms with Crippen LogP contribution in [-0.2, 0) is 0 Å². The lowest BCUT2D eigenvalue weighted by atomic mass is 9.79. The molecule has 0 aromatic heterocycles. The normalized spacial score (nSPS) is 22.6. The highest BCUT2D eigenvalue weighted by atomic mass is 16.3. The van der Waals surface area contributed by atoms with E-state index in [1.165, 1.54) is 0 Å². The Morgan fingerprint density at radius 3 is 2.13 bits per heavy atom. The highest BCUT2D eigenvalue weighted by Crippen LogP contribution is 2.31. The van der Waals surface area contributed by atoms with E-state index in [-0.39, 0.29) is 6.04 Å². The van der Waals surface area contributed by atoms with Crippen LogP contribution >= 0.6 is 0 Å². The van der Waals surface area contributed by atoms with Crippen LogP contribution in [0.1, 0.15) is 47.0 Å². The van der Waals surface area contributed by atoms with Crippen LogP contribution in [0, 0.1) is 5.92 Å². The molecular weight excluding hydrogens is 190 g/mol. The molecule has 0 amide bonds. The Morgan fingerprint density at radius 2 is 1.87 bits per heavy atom. The lowest BCUT2D eigenvalue weighted by molar-refractivity contribution is -0.0469. The average Bonchev–Trinajstić information content (AvgIpc) is 1.98. The molecule has 1 aliphatic rings. The van der Waals surface area contributed by atoms with E-state index in [9.17, 15) is 10.2 Å². The summed E-state index contributed by atoms with van der Waals surface area (Å²) in [7, 11) is 0. The molecule has 0 aromatic carbocycles. The fraction of sp³-hybridized carbons (Fsp3) is 1.00. The third kappa shape index (κ3) is 3.44. The first-order chi connectivity index (χ1) is 6.75. The molecule has 0 radical (unpaired) electrons. The van der Waals surface area contributed by atoms with Crippen LogP contribution in [-0.4, -0.2) is 34.0 Å². The van der Waals surface area contributed by atoms with Crippen molar-refractivity contribution in [1.29, 1.82) is 0 Å². The predicted octanol–water partition coefficient (Wildman–Crippen LogP) is 1.29. The molecule has 1 fully saturated rings. The van der Waals surface area contributed by atoms with Crippen molar-refractivity contribution in [3.63, 3.8) is 0 Å². The molecule has 0 aromatic rings. The van der Waals surface area contributed by atoms with Gasteiger partial charge in [-0.25, -0.2) is 0 Å². The molecule has 0 aliphatic heterocycles. The lowest BCUT2D eigenvalue weighted by Gasteiger charge is -2.41. The molecule has 1 rings (SSSR count). The van der Waals surface area contributed by atoms with Gasteiger partial charge in [0.15, 0.2) is 0 Å². The van der Waals surface area contributed by atoms with E-state index in [4.69, 9.17) is 0 Å². The summed E-state index contributed by atoms with van der Waals surface area (Å²) >= 11 is 0. The minimum atomic E-state index is -0.742. The molecule has 1 atom stereocenters. The summed E-state index contributed by atoms with van der Waals surface area (Å²) in [6.07, 6.45) is 2.89. The summed E-state index contributed by atoms with van der Waals surface area (Å²) in [5, 5.41) is 23.3. The van der Waals surface area contributed by atoms with E-state index in [0.29, 0.717) is 12.5 Å². The van der Waals surface area contributed by atoms with Gasteiger partial charge in [-0.1, -0.05) is 13.8 Å². The maximum Gasteiger partial charge on any atom is 0.0771 e. The Hall–Kier alpha value is -0.120. The first-order valence-corrected chi connectivity index (χ1v) is 5.93. The summed E-state index contributed by atoms with van der Waals surface area (Å²) in [6, 6.07) is 0.0297. The fourth-order valence-corrected chi connectivity index (χ4v) is 2.36. The fourth-order valence-electron chi connectivity index (χ4n) is 2.36. The van der Waals surface area contributed by atoms with E-state index < -0.39 is 11.2 Å². The van der Waals surface area contributed by atoms with Gasteiger partial charge in [0.2, 0.25) is 0 Å². The van der Waals surface area contributed by atoms with Crippen LogP contribution in [0.15, 0.2) is 0 Å². The second kappa shape index (κ2) is 4.40. The quantitative estimate of drug-likeness (QED) is 0.647. The van der Waals surface area contributed by atoms with Crippen LogP contribution in [0.4, 0.5) is 0 Å². The van der Waals surface area contributed by atoms with Crippen molar-refractivity contribution in [1.82, 2.24) is 5.32 Å². The van der Waals surface area contributed by atoms with Gasteiger partial charge in [0.25, 0.3) is 0 Å². The Labute approximate surface area is 92.9 Å². The molecule has 3 nitrogen and oxygen atoms in total. The average molecular weight is 215 g/mol. The van der Waals surface area contributed by atoms with Crippen LogP contribution in [0.25, 0.3) is 0 Å². The third-order valence-corrected chi connectivity index (χ3v) is 3.36. The van der Waals surface area contributed by atoms with Crippen molar-refractivity contribution in [2.24, 2.45) is 5.92 Å². The van der Waals surface area contributed by atoms with Crippen molar-refractivity contribution in [2.75, 3.05) is 6.54 Å². The lowest BCUT2D eigenvalue weighted by Crippen LogP contribution is -2.56. The van der Waals surface area contributed by atoms with Crippen molar-refractivity contribution in [2.45, 2.75) is 64.2 Å². The highest BCUT2D eigenvalue weighted by molar-refractivity contribution is 4.94. The summed E-state index contributed by atoms with van der Waals surface area (Å²) in [6.45, 7) is 8.39. The van der Waals surface area contributed by atoms with Crippen LogP contribution in [0.3, 0.4) is 0 Å². The van der Waals surface area contributed by atoms with Crippen molar-refractivity contribution >= 4 is 0 Å². The molecule has 0 spiro atoms. The largest absolute Gasteiger partial charge is 0.389 e. The van der Waals surface area contributed by atoms with Gasteiger partial charge < -0.3 is 15.5 Å². The van der Waals surface area contributed by atoms with Crippen molar-refractivity contribution < 1.29 is 10.2 Å². The summed E-state index contributed by atoms with van der Waals surface area (Å²) in [4.78, 5) is 0. The van der Waals surface area contributed by atoms with E-state index in [1.54, 1.807) is 0 Å². The standard InChI is InChI=1S/C12H25NO2/c1-9(2)10(11(3,4)14)13-8-12(15)6-5-7-12/h9-10,13-15H,5-8H2,1-4H3/t10-/m0/s1. The molecule has 0 heterocycles. The number of rotatable bonds is 5. The predicted molar refractivity (Wildman–Crippen MR) is 61.7 cm³/mol. The minimum absolute atomic E-state index is 0.0297. The Kier molecular flexibility index (Phi) is 3.80.